The lowest BCUT2D eigenvalue weighted by Crippen LogP contribution is -2.55. The molecule has 0 atom stereocenters. The molecule has 0 saturated carbocycles. The van der Waals surface area contributed by atoms with Gasteiger partial charge in [0.05, 0.1) is 59.5 Å². The zero-order valence-corrected chi connectivity index (χ0v) is 17.4. The fourth-order valence-electron chi connectivity index (χ4n) is 3.21. The second kappa shape index (κ2) is 8.15. The first-order valence-electron chi connectivity index (χ1n) is 9.82. The van der Waals surface area contributed by atoms with Crippen LogP contribution in [0.4, 0.5) is 0 Å². The molecule has 3 rings (SSSR count). The van der Waals surface area contributed by atoms with Crippen LogP contribution in [0.15, 0.2) is 0 Å². The summed E-state index contributed by atoms with van der Waals surface area (Å²) in [5.74, 6) is 0. The SMILES string of the molecule is CCC1(COC([Si])(OCC2(CC)COC2)OCC2(CC)COC2)COC1. The molecule has 0 aromatic carbocycles. The zero-order chi connectivity index (χ0) is 18.7. The molecule has 0 bridgehead atoms. The third-order valence-corrected chi connectivity index (χ3v) is 6.84. The normalized spacial score (nSPS) is 25.8. The number of rotatable bonds is 12. The van der Waals surface area contributed by atoms with Crippen LogP contribution in [0.25, 0.3) is 0 Å². The molecule has 0 spiro atoms. The molecule has 0 N–H and O–H groups in total. The van der Waals surface area contributed by atoms with Crippen molar-refractivity contribution in [2.75, 3.05) is 59.5 Å². The average Bonchev–Trinajstić information content (AvgIpc) is 2.53. The van der Waals surface area contributed by atoms with Crippen molar-refractivity contribution in [1.29, 1.82) is 0 Å². The lowest BCUT2D eigenvalue weighted by Gasteiger charge is -2.47. The summed E-state index contributed by atoms with van der Waals surface area (Å²) >= 11 is 0. The zero-order valence-electron chi connectivity index (χ0n) is 16.4. The molecular formula is C19H33O6Si. The Balaban J connectivity index is 1.59. The molecule has 3 heterocycles. The van der Waals surface area contributed by atoms with E-state index in [1.807, 2.05) is 0 Å². The molecule has 6 nitrogen and oxygen atoms in total. The van der Waals surface area contributed by atoms with E-state index in [1.54, 1.807) is 0 Å². The third-order valence-electron chi connectivity index (χ3n) is 6.40. The number of hydrogen-bond acceptors (Lipinski definition) is 6. The highest BCUT2D eigenvalue weighted by Gasteiger charge is 2.45. The van der Waals surface area contributed by atoms with Crippen LogP contribution in [-0.2, 0) is 28.4 Å². The van der Waals surface area contributed by atoms with Crippen LogP contribution in [0, 0.1) is 16.2 Å². The van der Waals surface area contributed by atoms with Crippen LogP contribution in [0.2, 0.25) is 0 Å². The molecule has 3 aliphatic heterocycles. The van der Waals surface area contributed by atoms with Gasteiger partial charge in [0.2, 0.25) is 5.60 Å². The van der Waals surface area contributed by atoms with Gasteiger partial charge in [0.15, 0.2) is 10.2 Å². The number of hydrogen-bond donors (Lipinski definition) is 0. The van der Waals surface area contributed by atoms with Crippen molar-refractivity contribution in [2.24, 2.45) is 16.2 Å². The van der Waals surface area contributed by atoms with Gasteiger partial charge in [-0.15, -0.1) is 0 Å². The predicted octanol–water partition coefficient (Wildman–Crippen LogP) is 2.10. The Bertz CT molecular complexity index is 378. The molecule has 0 amide bonds. The summed E-state index contributed by atoms with van der Waals surface area (Å²) in [7, 11) is 3.66. The van der Waals surface area contributed by atoms with Crippen LogP contribution in [0.1, 0.15) is 40.0 Å². The third kappa shape index (κ3) is 4.34. The fourth-order valence-corrected chi connectivity index (χ4v) is 3.43. The summed E-state index contributed by atoms with van der Waals surface area (Å²) in [6.45, 7) is 12.5. The molecule has 149 valence electrons. The van der Waals surface area contributed by atoms with Crippen molar-refractivity contribution >= 4 is 10.2 Å². The molecule has 0 aromatic rings. The van der Waals surface area contributed by atoms with Gasteiger partial charge in [0.1, 0.15) is 0 Å². The summed E-state index contributed by atoms with van der Waals surface area (Å²) in [5, 5.41) is 0. The first kappa shape index (κ1) is 20.7. The largest absolute Gasteiger partial charge is 0.380 e. The van der Waals surface area contributed by atoms with E-state index in [9.17, 15) is 0 Å². The fraction of sp³-hybridized carbons (Fsp3) is 1.00. The van der Waals surface area contributed by atoms with Crippen LogP contribution in [-0.4, -0.2) is 75.3 Å². The maximum absolute atomic E-state index is 6.15. The topological polar surface area (TPSA) is 55.4 Å². The molecule has 0 aromatic heterocycles. The van der Waals surface area contributed by atoms with Gasteiger partial charge in [0.25, 0.3) is 0 Å². The van der Waals surface area contributed by atoms with E-state index in [0.717, 1.165) is 58.9 Å². The summed E-state index contributed by atoms with van der Waals surface area (Å²) in [6, 6.07) is 0. The standard InChI is InChI=1S/C19H33O6Si/c1-4-16(7-20-8-16)13-23-19(26,24-14-17(5-2)9-21-10-17)25-15-18(6-3)11-22-12-18/h4-15H2,1-3H3. The number of ether oxygens (including phenoxy) is 6. The molecular weight excluding hydrogens is 352 g/mol. The minimum absolute atomic E-state index is 0.0642. The molecule has 7 heteroatoms. The summed E-state index contributed by atoms with van der Waals surface area (Å²) < 4.78 is 34.7. The van der Waals surface area contributed by atoms with Gasteiger partial charge in [-0.05, 0) is 19.3 Å². The Morgan fingerprint density at radius 3 is 1.08 bits per heavy atom. The van der Waals surface area contributed by atoms with E-state index in [-0.39, 0.29) is 16.2 Å². The Morgan fingerprint density at radius 2 is 0.923 bits per heavy atom. The van der Waals surface area contributed by atoms with Crippen molar-refractivity contribution in [2.45, 2.75) is 45.6 Å². The highest BCUT2D eigenvalue weighted by Crippen LogP contribution is 2.37. The van der Waals surface area contributed by atoms with E-state index in [1.165, 1.54) is 0 Å². The Kier molecular flexibility index (Phi) is 6.49. The quantitative estimate of drug-likeness (QED) is 0.379. The molecule has 0 aliphatic carbocycles. The monoisotopic (exact) mass is 385 g/mol. The first-order valence-corrected chi connectivity index (χ1v) is 10.3. The first-order chi connectivity index (χ1) is 12.4. The van der Waals surface area contributed by atoms with Gasteiger partial charge in [-0.1, -0.05) is 20.8 Å². The summed E-state index contributed by atoms with van der Waals surface area (Å²) in [6.07, 6.45) is 3.03. The van der Waals surface area contributed by atoms with Crippen LogP contribution >= 0.6 is 0 Å². The smallest absolute Gasteiger partial charge is 0.248 e. The van der Waals surface area contributed by atoms with Gasteiger partial charge < -0.3 is 28.4 Å². The van der Waals surface area contributed by atoms with Gasteiger partial charge in [-0.2, -0.15) is 0 Å². The van der Waals surface area contributed by atoms with E-state index in [2.05, 4.69) is 31.0 Å². The maximum atomic E-state index is 6.15. The van der Waals surface area contributed by atoms with Gasteiger partial charge in [-0.3, -0.25) is 0 Å². The minimum atomic E-state index is -1.24. The predicted molar refractivity (Wildman–Crippen MR) is 97.0 cm³/mol. The molecule has 0 unspecified atom stereocenters. The maximum Gasteiger partial charge on any atom is 0.248 e. The van der Waals surface area contributed by atoms with Crippen molar-refractivity contribution in [3.05, 3.63) is 0 Å². The molecule has 3 saturated heterocycles. The summed E-state index contributed by atoms with van der Waals surface area (Å²) in [5.41, 5.74) is -1.05. The van der Waals surface area contributed by atoms with Crippen LogP contribution in [0.5, 0.6) is 0 Å². The van der Waals surface area contributed by atoms with E-state index >= 15 is 0 Å². The Hall–Kier alpha value is -0.0231. The lowest BCUT2D eigenvalue weighted by atomic mass is 9.84. The van der Waals surface area contributed by atoms with Crippen LogP contribution < -0.4 is 0 Å². The summed E-state index contributed by atoms with van der Waals surface area (Å²) in [4.78, 5) is 0. The van der Waals surface area contributed by atoms with Crippen molar-refractivity contribution in [1.82, 2.24) is 0 Å². The lowest BCUT2D eigenvalue weighted by molar-refractivity contribution is -0.366. The Morgan fingerprint density at radius 1 is 0.654 bits per heavy atom. The van der Waals surface area contributed by atoms with Crippen molar-refractivity contribution < 1.29 is 28.4 Å². The molecule has 3 aliphatic rings. The van der Waals surface area contributed by atoms with Gasteiger partial charge in [-0.25, -0.2) is 0 Å². The minimum Gasteiger partial charge on any atom is -0.380 e. The van der Waals surface area contributed by atoms with E-state index in [0.29, 0.717) is 19.8 Å². The van der Waals surface area contributed by atoms with Crippen molar-refractivity contribution in [3.8, 4) is 0 Å². The van der Waals surface area contributed by atoms with Crippen LogP contribution in [0.3, 0.4) is 0 Å². The highest BCUT2D eigenvalue weighted by molar-refractivity contribution is 6.12. The highest BCUT2D eigenvalue weighted by atomic mass is 28.1. The molecule has 3 fully saturated rings. The van der Waals surface area contributed by atoms with Gasteiger partial charge >= 0.3 is 0 Å². The molecule has 3 radical (unpaired) electrons. The van der Waals surface area contributed by atoms with E-state index in [4.69, 9.17) is 28.4 Å². The van der Waals surface area contributed by atoms with Crippen molar-refractivity contribution in [3.63, 3.8) is 0 Å². The Labute approximate surface area is 160 Å². The second-order valence-electron chi connectivity index (χ2n) is 8.46. The molecule has 26 heavy (non-hydrogen) atoms. The van der Waals surface area contributed by atoms with Gasteiger partial charge in [0, 0.05) is 16.2 Å². The average molecular weight is 386 g/mol. The second-order valence-corrected chi connectivity index (χ2v) is 9.07. The van der Waals surface area contributed by atoms with E-state index < -0.39 is 5.60 Å².